The van der Waals surface area contributed by atoms with Crippen LogP contribution < -0.4 is 10.5 Å². The molecule has 3 N–H and O–H groups in total. The van der Waals surface area contributed by atoms with E-state index in [2.05, 4.69) is 19.2 Å². The van der Waals surface area contributed by atoms with E-state index in [1.165, 1.54) is 0 Å². The third-order valence-electron chi connectivity index (χ3n) is 2.07. The van der Waals surface area contributed by atoms with Crippen LogP contribution in [0.2, 0.25) is 0 Å². The molecule has 0 unspecified atom stereocenters. The molecule has 90 valence electrons. The van der Waals surface area contributed by atoms with Crippen molar-refractivity contribution in [3.63, 3.8) is 0 Å². The van der Waals surface area contributed by atoms with Gasteiger partial charge in [0.15, 0.2) is 0 Å². The van der Waals surface area contributed by atoms with E-state index in [9.17, 15) is 8.42 Å². The van der Waals surface area contributed by atoms with Crippen LogP contribution in [-0.2, 0) is 22.3 Å². The van der Waals surface area contributed by atoms with E-state index >= 15 is 0 Å². The summed E-state index contributed by atoms with van der Waals surface area (Å²) in [5.41, 5.74) is 1.79. The van der Waals surface area contributed by atoms with E-state index in [0.717, 1.165) is 17.7 Å². The summed E-state index contributed by atoms with van der Waals surface area (Å²) in [5.74, 6) is -0.109. The molecule has 4 nitrogen and oxygen atoms in total. The van der Waals surface area contributed by atoms with Gasteiger partial charge in [-0.1, -0.05) is 38.1 Å². The van der Waals surface area contributed by atoms with Crippen LogP contribution in [0.5, 0.6) is 0 Å². The van der Waals surface area contributed by atoms with E-state index in [1.807, 2.05) is 18.2 Å². The first-order valence-corrected chi connectivity index (χ1v) is 6.90. The second kappa shape index (κ2) is 5.43. The molecule has 1 rings (SSSR count). The predicted octanol–water partition coefficient (Wildman–Crippen LogP) is 0.973. The lowest BCUT2D eigenvalue weighted by atomic mass is 10.1. The second-order valence-electron chi connectivity index (χ2n) is 4.16. The third kappa shape index (κ3) is 5.25. The number of sulfonamides is 1. The first kappa shape index (κ1) is 13.2. The maximum atomic E-state index is 10.9. The molecule has 0 bridgehead atoms. The predicted molar refractivity (Wildman–Crippen MR) is 65.2 cm³/mol. The number of hydrogen-bond donors (Lipinski definition) is 2. The van der Waals surface area contributed by atoms with Gasteiger partial charge >= 0.3 is 0 Å². The summed E-state index contributed by atoms with van der Waals surface area (Å²) in [4.78, 5) is 0. The molecule has 16 heavy (non-hydrogen) atoms. The summed E-state index contributed by atoms with van der Waals surface area (Å²) >= 11 is 0. The Bertz CT molecular complexity index is 441. The fourth-order valence-corrected chi connectivity index (χ4v) is 2.03. The van der Waals surface area contributed by atoms with Crippen molar-refractivity contribution in [3.05, 3.63) is 35.4 Å². The highest BCUT2D eigenvalue weighted by Crippen LogP contribution is 2.07. The van der Waals surface area contributed by atoms with Crippen molar-refractivity contribution in [2.75, 3.05) is 0 Å². The van der Waals surface area contributed by atoms with Crippen molar-refractivity contribution in [2.24, 2.45) is 5.14 Å². The van der Waals surface area contributed by atoms with Gasteiger partial charge in [-0.2, -0.15) is 0 Å². The first-order valence-electron chi connectivity index (χ1n) is 5.18. The summed E-state index contributed by atoms with van der Waals surface area (Å²) in [5, 5.41) is 8.27. The van der Waals surface area contributed by atoms with Crippen LogP contribution in [0, 0.1) is 0 Å². The lowest BCUT2D eigenvalue weighted by Crippen LogP contribution is -2.22. The van der Waals surface area contributed by atoms with Gasteiger partial charge in [-0.25, -0.2) is 13.6 Å². The fourth-order valence-electron chi connectivity index (χ4n) is 1.38. The number of nitrogens with two attached hydrogens (primary N) is 1. The minimum Gasteiger partial charge on any atom is -0.310 e. The van der Waals surface area contributed by atoms with Gasteiger partial charge in [0.25, 0.3) is 0 Å². The molecular formula is C11H18N2O2S. The maximum absolute atomic E-state index is 10.9. The zero-order valence-corrected chi connectivity index (χ0v) is 10.4. The lowest BCUT2D eigenvalue weighted by molar-refractivity contribution is 0.588. The number of rotatable bonds is 5. The monoisotopic (exact) mass is 242 g/mol. The highest BCUT2D eigenvalue weighted by molar-refractivity contribution is 7.88. The standard InChI is InChI=1S/C11H18N2O2S/c1-9(2)13-7-10-4-3-5-11(6-10)8-16(12,14)15/h3-6,9,13H,7-8H2,1-2H3,(H2,12,14,15). The van der Waals surface area contributed by atoms with Gasteiger partial charge in [-0.15, -0.1) is 0 Å². The van der Waals surface area contributed by atoms with E-state index in [1.54, 1.807) is 6.07 Å². The zero-order chi connectivity index (χ0) is 12.2. The van der Waals surface area contributed by atoms with Gasteiger partial charge in [0.05, 0.1) is 5.75 Å². The van der Waals surface area contributed by atoms with E-state index in [4.69, 9.17) is 5.14 Å². The molecule has 0 saturated carbocycles. The molecule has 0 aromatic heterocycles. The van der Waals surface area contributed by atoms with Gasteiger partial charge in [0, 0.05) is 12.6 Å². The molecule has 1 aromatic rings. The molecule has 0 saturated heterocycles. The van der Waals surface area contributed by atoms with Gasteiger partial charge in [-0.3, -0.25) is 0 Å². The highest BCUT2D eigenvalue weighted by Gasteiger charge is 2.05. The van der Waals surface area contributed by atoms with Crippen molar-refractivity contribution >= 4 is 10.0 Å². The second-order valence-corrected chi connectivity index (χ2v) is 5.78. The number of hydrogen-bond acceptors (Lipinski definition) is 3. The Morgan fingerprint density at radius 1 is 1.31 bits per heavy atom. The Labute approximate surface area is 96.9 Å². The molecule has 0 atom stereocenters. The Hall–Kier alpha value is -0.910. The summed E-state index contributed by atoms with van der Waals surface area (Å²) in [6.45, 7) is 4.86. The van der Waals surface area contributed by atoms with Gasteiger partial charge in [0.1, 0.15) is 0 Å². The van der Waals surface area contributed by atoms with Gasteiger partial charge in [0.2, 0.25) is 10.0 Å². The molecule has 0 aliphatic heterocycles. The number of primary sulfonamides is 1. The quantitative estimate of drug-likeness (QED) is 0.808. The fraction of sp³-hybridized carbons (Fsp3) is 0.455. The molecule has 0 amide bonds. The topological polar surface area (TPSA) is 72.2 Å². The molecule has 0 fully saturated rings. The Morgan fingerprint density at radius 2 is 1.94 bits per heavy atom. The molecule has 0 aliphatic rings. The largest absolute Gasteiger partial charge is 0.310 e. The zero-order valence-electron chi connectivity index (χ0n) is 9.60. The Balaban J connectivity index is 2.71. The minimum absolute atomic E-state index is 0.109. The molecule has 0 radical (unpaired) electrons. The van der Waals surface area contributed by atoms with Crippen molar-refractivity contribution in [3.8, 4) is 0 Å². The van der Waals surface area contributed by atoms with E-state index in [0.29, 0.717) is 6.04 Å². The van der Waals surface area contributed by atoms with Crippen LogP contribution in [0.1, 0.15) is 25.0 Å². The summed E-state index contributed by atoms with van der Waals surface area (Å²) in [7, 11) is -3.45. The first-order chi connectivity index (χ1) is 7.37. The van der Waals surface area contributed by atoms with Gasteiger partial charge in [-0.05, 0) is 11.1 Å². The molecular weight excluding hydrogens is 224 g/mol. The van der Waals surface area contributed by atoms with Crippen LogP contribution in [0.25, 0.3) is 0 Å². The average Bonchev–Trinajstić information content (AvgIpc) is 2.12. The summed E-state index contributed by atoms with van der Waals surface area (Å²) in [6, 6.07) is 7.84. The third-order valence-corrected chi connectivity index (χ3v) is 2.81. The van der Waals surface area contributed by atoms with Crippen molar-refractivity contribution in [2.45, 2.75) is 32.2 Å². The van der Waals surface area contributed by atoms with E-state index in [-0.39, 0.29) is 5.75 Å². The SMILES string of the molecule is CC(C)NCc1cccc(CS(N)(=O)=O)c1. The number of benzene rings is 1. The normalized spacial score (nSPS) is 12.0. The van der Waals surface area contributed by atoms with Crippen LogP contribution in [0.4, 0.5) is 0 Å². The van der Waals surface area contributed by atoms with Crippen LogP contribution in [0.3, 0.4) is 0 Å². The van der Waals surface area contributed by atoms with Crippen molar-refractivity contribution in [1.29, 1.82) is 0 Å². The molecule has 0 aliphatic carbocycles. The highest BCUT2D eigenvalue weighted by atomic mass is 32.2. The molecule has 0 heterocycles. The van der Waals surface area contributed by atoms with Gasteiger partial charge < -0.3 is 5.32 Å². The van der Waals surface area contributed by atoms with Crippen molar-refractivity contribution < 1.29 is 8.42 Å². The number of nitrogens with one attached hydrogen (secondary N) is 1. The van der Waals surface area contributed by atoms with Crippen LogP contribution >= 0.6 is 0 Å². The lowest BCUT2D eigenvalue weighted by Gasteiger charge is -2.09. The smallest absolute Gasteiger partial charge is 0.213 e. The Kier molecular flexibility index (Phi) is 4.46. The van der Waals surface area contributed by atoms with Crippen molar-refractivity contribution in [1.82, 2.24) is 5.32 Å². The molecule has 1 aromatic carbocycles. The molecule has 5 heteroatoms. The Morgan fingerprint density at radius 3 is 2.50 bits per heavy atom. The van der Waals surface area contributed by atoms with Crippen LogP contribution in [0.15, 0.2) is 24.3 Å². The summed E-state index contributed by atoms with van der Waals surface area (Å²) in [6.07, 6.45) is 0. The maximum Gasteiger partial charge on any atom is 0.213 e. The van der Waals surface area contributed by atoms with Crippen LogP contribution in [-0.4, -0.2) is 14.5 Å². The molecule has 0 spiro atoms. The average molecular weight is 242 g/mol. The summed E-state index contributed by atoms with van der Waals surface area (Å²) < 4.78 is 21.9. The minimum atomic E-state index is -3.45. The van der Waals surface area contributed by atoms with E-state index < -0.39 is 10.0 Å².